The molecule has 0 saturated carbocycles. The van der Waals surface area contributed by atoms with Crippen molar-refractivity contribution in [3.8, 4) is 11.5 Å². The molecule has 0 aromatic heterocycles. The summed E-state index contributed by atoms with van der Waals surface area (Å²) in [4.78, 5) is 12.0. The average molecular weight is 382 g/mol. The number of halogens is 1. The Bertz CT molecular complexity index is 902. The second-order valence-corrected chi connectivity index (χ2v) is 7.38. The summed E-state index contributed by atoms with van der Waals surface area (Å²) in [5.74, 6) is -0.458. The van der Waals surface area contributed by atoms with Gasteiger partial charge in [-0.3, -0.25) is 4.79 Å². The number of nitrogens with zero attached hydrogens (tertiary/aromatic N) is 1. The first kappa shape index (κ1) is 19.7. The molecule has 1 amide bonds. The molecule has 0 saturated heterocycles. The lowest BCUT2D eigenvalue weighted by atomic mass is 10.3. The molecule has 0 aliphatic carbocycles. The maximum atomic E-state index is 13.1. The van der Waals surface area contributed by atoms with E-state index in [0.717, 1.165) is 10.4 Å². The van der Waals surface area contributed by atoms with E-state index in [1.54, 1.807) is 0 Å². The number of sulfonamides is 1. The topological polar surface area (TPSA) is 84.9 Å². The normalized spacial score (nSPS) is 11.3. The minimum Gasteiger partial charge on any atom is -0.493 e. The molecule has 1 N–H and O–H groups in total. The summed E-state index contributed by atoms with van der Waals surface area (Å²) in [6.07, 6.45) is 0. The van der Waals surface area contributed by atoms with Crippen molar-refractivity contribution >= 4 is 21.6 Å². The number of amides is 1. The average Bonchev–Trinajstić information content (AvgIpc) is 2.60. The lowest BCUT2D eigenvalue weighted by Gasteiger charge is -2.18. The van der Waals surface area contributed by atoms with Crippen LogP contribution in [-0.2, 0) is 14.8 Å². The van der Waals surface area contributed by atoms with Crippen LogP contribution in [0.4, 0.5) is 10.1 Å². The highest BCUT2D eigenvalue weighted by atomic mass is 32.2. The molecule has 0 fully saturated rings. The standard InChI is InChI=1S/C17H19FN2O5S/c1-20(11-17(21)19-13-6-4-5-12(18)9-13)26(22,23)14-7-8-15(24-2)16(10-14)25-3/h4-10H,11H2,1-3H3,(H,19,21). The number of hydrogen-bond acceptors (Lipinski definition) is 5. The van der Waals surface area contributed by atoms with E-state index >= 15 is 0 Å². The molecule has 0 radical (unpaired) electrons. The van der Waals surface area contributed by atoms with E-state index in [1.807, 2.05) is 0 Å². The third-order valence-corrected chi connectivity index (χ3v) is 5.34. The molecule has 26 heavy (non-hydrogen) atoms. The molecule has 140 valence electrons. The van der Waals surface area contributed by atoms with Gasteiger partial charge in [0.15, 0.2) is 11.5 Å². The van der Waals surface area contributed by atoms with E-state index in [2.05, 4.69) is 5.32 Å². The van der Waals surface area contributed by atoms with E-state index in [1.165, 1.54) is 57.7 Å². The van der Waals surface area contributed by atoms with Crippen molar-refractivity contribution in [1.29, 1.82) is 0 Å². The minimum absolute atomic E-state index is 0.0452. The van der Waals surface area contributed by atoms with Crippen LogP contribution in [0.1, 0.15) is 0 Å². The SMILES string of the molecule is COc1ccc(S(=O)(=O)N(C)CC(=O)Nc2cccc(F)c2)cc1OC. The van der Waals surface area contributed by atoms with Crippen LogP contribution >= 0.6 is 0 Å². The zero-order chi connectivity index (χ0) is 19.3. The molecular formula is C17H19FN2O5S. The first-order chi connectivity index (χ1) is 12.3. The Hall–Kier alpha value is -2.65. The summed E-state index contributed by atoms with van der Waals surface area (Å²) >= 11 is 0. The summed E-state index contributed by atoms with van der Waals surface area (Å²) in [7, 11) is 0.178. The lowest BCUT2D eigenvalue weighted by molar-refractivity contribution is -0.116. The fourth-order valence-corrected chi connectivity index (χ4v) is 3.35. The molecule has 0 heterocycles. The van der Waals surface area contributed by atoms with E-state index in [4.69, 9.17) is 9.47 Å². The smallest absolute Gasteiger partial charge is 0.243 e. The Morgan fingerprint density at radius 1 is 1.12 bits per heavy atom. The molecule has 7 nitrogen and oxygen atoms in total. The zero-order valence-corrected chi connectivity index (χ0v) is 15.3. The Balaban J connectivity index is 2.14. The summed E-state index contributed by atoms with van der Waals surface area (Å²) in [6.45, 7) is -0.437. The quantitative estimate of drug-likeness (QED) is 0.793. The Kier molecular flexibility index (Phi) is 6.17. The fraction of sp³-hybridized carbons (Fsp3) is 0.235. The highest BCUT2D eigenvalue weighted by Crippen LogP contribution is 2.30. The number of nitrogens with one attached hydrogen (secondary N) is 1. The van der Waals surface area contributed by atoms with Crippen LogP contribution in [0.15, 0.2) is 47.4 Å². The van der Waals surface area contributed by atoms with Crippen molar-refractivity contribution in [3.63, 3.8) is 0 Å². The van der Waals surface area contributed by atoms with Crippen molar-refractivity contribution in [3.05, 3.63) is 48.3 Å². The third-order valence-electron chi connectivity index (χ3n) is 3.54. The van der Waals surface area contributed by atoms with Crippen LogP contribution < -0.4 is 14.8 Å². The van der Waals surface area contributed by atoms with Crippen LogP contribution in [0.2, 0.25) is 0 Å². The van der Waals surface area contributed by atoms with Gasteiger partial charge in [-0.15, -0.1) is 0 Å². The van der Waals surface area contributed by atoms with Gasteiger partial charge in [0.1, 0.15) is 5.82 Å². The summed E-state index contributed by atoms with van der Waals surface area (Å²) in [5, 5.41) is 2.45. The Morgan fingerprint density at radius 2 is 1.81 bits per heavy atom. The maximum absolute atomic E-state index is 13.1. The number of anilines is 1. The number of ether oxygens (including phenoxy) is 2. The van der Waals surface area contributed by atoms with Gasteiger partial charge in [0.25, 0.3) is 0 Å². The van der Waals surface area contributed by atoms with Gasteiger partial charge in [-0.1, -0.05) is 6.07 Å². The van der Waals surface area contributed by atoms with Crippen LogP contribution in [0, 0.1) is 5.82 Å². The second-order valence-electron chi connectivity index (χ2n) is 5.34. The van der Waals surface area contributed by atoms with Gasteiger partial charge < -0.3 is 14.8 Å². The van der Waals surface area contributed by atoms with Gasteiger partial charge in [-0.05, 0) is 30.3 Å². The molecule has 2 aromatic carbocycles. The van der Waals surface area contributed by atoms with Gasteiger partial charge in [0.2, 0.25) is 15.9 Å². The predicted octanol–water partition coefficient (Wildman–Crippen LogP) is 2.10. The molecule has 0 aliphatic rings. The second kappa shape index (κ2) is 8.15. The van der Waals surface area contributed by atoms with Crippen LogP contribution in [-0.4, -0.2) is 46.4 Å². The third kappa shape index (κ3) is 4.50. The largest absolute Gasteiger partial charge is 0.493 e. The molecule has 0 bridgehead atoms. The van der Waals surface area contributed by atoms with E-state index < -0.39 is 28.3 Å². The van der Waals surface area contributed by atoms with Gasteiger partial charge >= 0.3 is 0 Å². The van der Waals surface area contributed by atoms with E-state index in [-0.39, 0.29) is 16.3 Å². The number of carbonyl (C=O) groups excluding carboxylic acids is 1. The monoisotopic (exact) mass is 382 g/mol. The van der Waals surface area contributed by atoms with Gasteiger partial charge in [-0.25, -0.2) is 12.8 Å². The molecule has 0 atom stereocenters. The lowest BCUT2D eigenvalue weighted by Crippen LogP contribution is -2.35. The first-order valence-electron chi connectivity index (χ1n) is 7.51. The molecular weight excluding hydrogens is 363 g/mol. The van der Waals surface area contributed by atoms with Crippen LogP contribution in [0.5, 0.6) is 11.5 Å². The predicted molar refractivity (Wildman–Crippen MR) is 94.4 cm³/mol. The molecule has 2 rings (SSSR count). The van der Waals surface area contributed by atoms with Crippen molar-refractivity contribution in [2.75, 3.05) is 33.1 Å². The summed E-state index contributed by atoms with van der Waals surface area (Å²) < 4.78 is 49.5. The first-order valence-corrected chi connectivity index (χ1v) is 8.95. The van der Waals surface area contributed by atoms with Crippen molar-refractivity contribution in [1.82, 2.24) is 4.31 Å². The molecule has 0 spiro atoms. The van der Waals surface area contributed by atoms with Gasteiger partial charge in [-0.2, -0.15) is 4.31 Å². The number of carbonyl (C=O) groups is 1. The summed E-state index contributed by atoms with van der Waals surface area (Å²) in [6, 6.07) is 9.46. The highest BCUT2D eigenvalue weighted by molar-refractivity contribution is 7.89. The van der Waals surface area contributed by atoms with Crippen LogP contribution in [0.25, 0.3) is 0 Å². The van der Waals surface area contributed by atoms with Gasteiger partial charge in [0, 0.05) is 18.8 Å². The molecule has 0 unspecified atom stereocenters. The Morgan fingerprint density at radius 3 is 2.42 bits per heavy atom. The number of likely N-dealkylation sites (N-methyl/N-ethyl adjacent to an activating group) is 1. The van der Waals surface area contributed by atoms with E-state index in [0.29, 0.717) is 5.75 Å². The zero-order valence-electron chi connectivity index (χ0n) is 14.5. The Labute approximate surface area is 151 Å². The number of benzene rings is 2. The van der Waals surface area contributed by atoms with E-state index in [9.17, 15) is 17.6 Å². The molecule has 0 aliphatic heterocycles. The number of methoxy groups -OCH3 is 2. The van der Waals surface area contributed by atoms with Gasteiger partial charge in [0.05, 0.1) is 25.7 Å². The number of hydrogen-bond donors (Lipinski definition) is 1. The molecule has 9 heteroatoms. The van der Waals surface area contributed by atoms with Crippen molar-refractivity contribution < 1.29 is 27.1 Å². The van der Waals surface area contributed by atoms with Crippen molar-refractivity contribution in [2.24, 2.45) is 0 Å². The highest BCUT2D eigenvalue weighted by Gasteiger charge is 2.24. The fourth-order valence-electron chi connectivity index (χ4n) is 2.21. The van der Waals surface area contributed by atoms with Crippen molar-refractivity contribution in [2.45, 2.75) is 4.90 Å². The summed E-state index contributed by atoms with van der Waals surface area (Å²) in [5.41, 5.74) is 0.243. The minimum atomic E-state index is -3.93. The maximum Gasteiger partial charge on any atom is 0.243 e. The molecule has 2 aromatic rings. The van der Waals surface area contributed by atoms with Crippen LogP contribution in [0.3, 0.4) is 0 Å². The number of rotatable bonds is 7.